The molecular formula is C24H27NO6. The number of carbonyl (C=O) groups excluding carboxylic acids is 2. The van der Waals surface area contributed by atoms with Gasteiger partial charge in [0.15, 0.2) is 0 Å². The molecule has 0 saturated carbocycles. The van der Waals surface area contributed by atoms with Crippen LogP contribution in [0.2, 0.25) is 0 Å². The van der Waals surface area contributed by atoms with E-state index in [4.69, 9.17) is 9.47 Å². The number of carbonyl (C=O) groups is 2. The van der Waals surface area contributed by atoms with E-state index in [1.807, 2.05) is 13.8 Å². The van der Waals surface area contributed by atoms with Crippen LogP contribution >= 0.6 is 0 Å². The SMILES string of the molecule is COCCN1C(=O)C(=O)C(=C(O)c2ccc(OCC(C)C)cc2)[C@@H]1c1ccc(O)cc1. The Kier molecular flexibility index (Phi) is 6.97. The van der Waals surface area contributed by atoms with Crippen molar-refractivity contribution in [2.45, 2.75) is 19.9 Å². The third-order valence-corrected chi connectivity index (χ3v) is 5.00. The van der Waals surface area contributed by atoms with Crippen molar-refractivity contribution >= 4 is 17.4 Å². The Bertz CT molecular complexity index is 963. The number of aromatic hydroxyl groups is 1. The number of hydrogen-bond acceptors (Lipinski definition) is 6. The lowest BCUT2D eigenvalue weighted by atomic mass is 9.95. The number of methoxy groups -OCH3 is 1. The van der Waals surface area contributed by atoms with Crippen LogP contribution in [0.15, 0.2) is 54.1 Å². The highest BCUT2D eigenvalue weighted by Gasteiger charge is 2.45. The van der Waals surface area contributed by atoms with E-state index in [-0.39, 0.29) is 30.2 Å². The minimum Gasteiger partial charge on any atom is -0.508 e. The van der Waals surface area contributed by atoms with E-state index in [1.54, 1.807) is 36.4 Å². The first kappa shape index (κ1) is 22.4. The Morgan fingerprint density at radius 3 is 2.29 bits per heavy atom. The Hall–Kier alpha value is -3.32. The number of benzene rings is 2. The van der Waals surface area contributed by atoms with E-state index in [0.29, 0.717) is 29.4 Å². The highest BCUT2D eigenvalue weighted by molar-refractivity contribution is 6.46. The molecule has 0 radical (unpaired) electrons. The molecule has 1 saturated heterocycles. The van der Waals surface area contributed by atoms with Crippen molar-refractivity contribution in [3.05, 3.63) is 65.2 Å². The van der Waals surface area contributed by atoms with E-state index in [0.717, 1.165) is 0 Å². The summed E-state index contributed by atoms with van der Waals surface area (Å²) in [5.74, 6) is -0.621. The highest BCUT2D eigenvalue weighted by atomic mass is 16.5. The zero-order valence-corrected chi connectivity index (χ0v) is 17.9. The van der Waals surface area contributed by atoms with Gasteiger partial charge in [-0.15, -0.1) is 0 Å². The van der Waals surface area contributed by atoms with Gasteiger partial charge in [-0.05, 0) is 47.9 Å². The van der Waals surface area contributed by atoms with Crippen molar-refractivity contribution < 1.29 is 29.3 Å². The molecule has 2 N–H and O–H groups in total. The van der Waals surface area contributed by atoms with E-state index < -0.39 is 17.7 Å². The fraction of sp³-hybridized carbons (Fsp3) is 0.333. The molecule has 164 valence electrons. The number of phenolic OH excluding ortho intramolecular Hbond substituents is 1. The first-order valence-corrected chi connectivity index (χ1v) is 10.1. The molecule has 31 heavy (non-hydrogen) atoms. The van der Waals surface area contributed by atoms with Crippen LogP contribution in [0, 0.1) is 5.92 Å². The molecule has 3 rings (SSSR count). The first-order chi connectivity index (χ1) is 14.8. The number of Topliss-reactive ketones (excluding diaryl/α,β-unsaturated/α-hetero) is 1. The number of hydrogen-bond donors (Lipinski definition) is 2. The van der Waals surface area contributed by atoms with Crippen LogP contribution in [0.1, 0.15) is 31.0 Å². The largest absolute Gasteiger partial charge is 0.508 e. The summed E-state index contributed by atoms with van der Waals surface area (Å²) in [7, 11) is 1.51. The van der Waals surface area contributed by atoms with Crippen molar-refractivity contribution in [2.75, 3.05) is 26.9 Å². The third-order valence-electron chi connectivity index (χ3n) is 5.00. The van der Waals surface area contributed by atoms with Crippen molar-refractivity contribution in [1.82, 2.24) is 4.90 Å². The number of aliphatic hydroxyl groups excluding tert-OH is 1. The topological polar surface area (TPSA) is 96.3 Å². The quantitative estimate of drug-likeness (QED) is 0.382. The molecule has 1 amide bonds. The number of rotatable bonds is 8. The zero-order valence-electron chi connectivity index (χ0n) is 17.9. The predicted octanol–water partition coefficient (Wildman–Crippen LogP) is 3.50. The van der Waals surface area contributed by atoms with Crippen LogP contribution < -0.4 is 4.74 Å². The number of ether oxygens (including phenoxy) is 2. The van der Waals surface area contributed by atoms with Crippen molar-refractivity contribution in [3.8, 4) is 11.5 Å². The van der Waals surface area contributed by atoms with Gasteiger partial charge in [0.25, 0.3) is 11.7 Å². The molecule has 0 aromatic heterocycles. The Balaban J connectivity index is 2.02. The Morgan fingerprint density at radius 1 is 1.06 bits per heavy atom. The summed E-state index contributed by atoms with van der Waals surface area (Å²) >= 11 is 0. The second-order valence-corrected chi connectivity index (χ2v) is 7.81. The zero-order chi connectivity index (χ0) is 22.5. The monoisotopic (exact) mass is 425 g/mol. The summed E-state index contributed by atoms with van der Waals surface area (Å²) in [5.41, 5.74) is 1.01. The number of likely N-dealkylation sites (tertiary alicyclic amines) is 1. The normalized spacial score (nSPS) is 18.1. The molecule has 7 heteroatoms. The van der Waals surface area contributed by atoms with Gasteiger partial charge in [-0.3, -0.25) is 9.59 Å². The van der Waals surface area contributed by atoms with E-state index in [1.165, 1.54) is 24.1 Å². The average molecular weight is 425 g/mol. The first-order valence-electron chi connectivity index (χ1n) is 10.1. The summed E-state index contributed by atoms with van der Waals surface area (Å²) in [4.78, 5) is 27.0. The number of ketones is 1. The molecule has 0 spiro atoms. The molecule has 1 fully saturated rings. The third kappa shape index (κ3) is 4.88. The van der Waals surface area contributed by atoms with E-state index in [2.05, 4.69) is 0 Å². The molecule has 0 unspecified atom stereocenters. The maximum Gasteiger partial charge on any atom is 0.295 e. The van der Waals surface area contributed by atoms with Gasteiger partial charge in [-0.25, -0.2) is 0 Å². The fourth-order valence-electron chi connectivity index (χ4n) is 3.43. The Morgan fingerprint density at radius 2 is 1.71 bits per heavy atom. The summed E-state index contributed by atoms with van der Waals surface area (Å²) in [6, 6.07) is 12.2. The standard InChI is InChI=1S/C24H27NO6/c1-15(2)14-31-19-10-6-17(7-11-19)22(27)20-21(16-4-8-18(26)9-5-16)25(12-13-30-3)24(29)23(20)28/h4-11,15,21,26-27H,12-14H2,1-3H3/t21-/m0/s1. The van der Waals surface area contributed by atoms with Gasteiger partial charge in [0, 0.05) is 19.2 Å². The molecule has 0 bridgehead atoms. The van der Waals surface area contributed by atoms with Crippen molar-refractivity contribution in [2.24, 2.45) is 5.92 Å². The van der Waals surface area contributed by atoms with Crippen LogP contribution in [0.3, 0.4) is 0 Å². The number of phenols is 1. The van der Waals surface area contributed by atoms with E-state index in [9.17, 15) is 19.8 Å². The fourth-order valence-corrected chi connectivity index (χ4v) is 3.43. The molecule has 2 aromatic rings. The van der Waals surface area contributed by atoms with Gasteiger partial charge >= 0.3 is 0 Å². The van der Waals surface area contributed by atoms with Crippen LogP contribution in [-0.2, 0) is 14.3 Å². The van der Waals surface area contributed by atoms with Gasteiger partial charge in [-0.1, -0.05) is 26.0 Å². The summed E-state index contributed by atoms with van der Waals surface area (Å²) in [6.07, 6.45) is 0. The minimum absolute atomic E-state index is 0.00245. The van der Waals surface area contributed by atoms with Gasteiger partial charge < -0.3 is 24.6 Å². The van der Waals surface area contributed by atoms with Gasteiger partial charge in [0.05, 0.1) is 24.8 Å². The number of nitrogens with zero attached hydrogens (tertiary/aromatic N) is 1. The van der Waals surface area contributed by atoms with Crippen molar-refractivity contribution in [3.63, 3.8) is 0 Å². The molecule has 1 aliphatic rings. The second kappa shape index (κ2) is 9.66. The van der Waals surface area contributed by atoms with Crippen LogP contribution in [-0.4, -0.2) is 53.7 Å². The number of aliphatic hydroxyl groups is 1. The smallest absolute Gasteiger partial charge is 0.295 e. The highest BCUT2D eigenvalue weighted by Crippen LogP contribution is 2.39. The average Bonchev–Trinajstić information content (AvgIpc) is 3.01. The van der Waals surface area contributed by atoms with Crippen LogP contribution in [0.5, 0.6) is 11.5 Å². The summed E-state index contributed by atoms with van der Waals surface area (Å²) in [5, 5.41) is 20.6. The summed E-state index contributed by atoms with van der Waals surface area (Å²) in [6.45, 7) is 5.09. The lowest BCUT2D eigenvalue weighted by molar-refractivity contribution is -0.140. The van der Waals surface area contributed by atoms with Gasteiger partial charge in [0.1, 0.15) is 17.3 Å². The molecule has 0 aliphatic carbocycles. The van der Waals surface area contributed by atoms with Crippen molar-refractivity contribution in [1.29, 1.82) is 0 Å². The van der Waals surface area contributed by atoms with Gasteiger partial charge in [0.2, 0.25) is 0 Å². The van der Waals surface area contributed by atoms with E-state index >= 15 is 0 Å². The minimum atomic E-state index is -0.785. The molecular weight excluding hydrogens is 398 g/mol. The molecule has 2 aromatic carbocycles. The molecule has 7 nitrogen and oxygen atoms in total. The van der Waals surface area contributed by atoms with Crippen LogP contribution in [0.4, 0.5) is 0 Å². The lowest BCUT2D eigenvalue weighted by Gasteiger charge is -2.25. The van der Waals surface area contributed by atoms with Gasteiger partial charge in [-0.2, -0.15) is 0 Å². The molecule has 1 heterocycles. The second-order valence-electron chi connectivity index (χ2n) is 7.81. The predicted molar refractivity (Wildman–Crippen MR) is 116 cm³/mol. The summed E-state index contributed by atoms with van der Waals surface area (Å²) < 4.78 is 10.8. The lowest BCUT2D eigenvalue weighted by Crippen LogP contribution is -2.32. The maximum absolute atomic E-state index is 12.9. The number of amides is 1. The van der Waals surface area contributed by atoms with Crippen LogP contribution in [0.25, 0.3) is 5.76 Å². The molecule has 1 atom stereocenters. The molecule has 1 aliphatic heterocycles. The maximum atomic E-state index is 12.9. The Labute approximate surface area is 181 Å².